The summed E-state index contributed by atoms with van der Waals surface area (Å²) < 4.78 is 7.18. The summed E-state index contributed by atoms with van der Waals surface area (Å²) in [4.78, 5) is 11.3. The van der Waals surface area contributed by atoms with Crippen molar-refractivity contribution in [2.24, 2.45) is 0 Å². The molecule has 0 aliphatic rings. The fourth-order valence-corrected chi connectivity index (χ4v) is 1.66. The van der Waals surface area contributed by atoms with Crippen LogP contribution in [-0.4, -0.2) is 22.7 Å². The van der Waals surface area contributed by atoms with E-state index < -0.39 is 0 Å². The third kappa shape index (κ3) is 3.08. The smallest absolute Gasteiger partial charge is 0.159 e. The van der Waals surface area contributed by atoms with Crippen LogP contribution in [0.2, 0.25) is 0 Å². The van der Waals surface area contributed by atoms with Crippen LogP contribution in [0, 0.1) is 0 Å². The molecule has 0 fully saturated rings. The number of methoxy groups -OCH3 is 1. The summed E-state index contributed by atoms with van der Waals surface area (Å²) in [7, 11) is 1.64. The van der Waals surface area contributed by atoms with Crippen molar-refractivity contribution in [1.29, 1.82) is 0 Å². The number of carbonyl (C=O) groups is 1. The van der Waals surface area contributed by atoms with E-state index in [0.29, 0.717) is 12.8 Å². The average Bonchev–Trinajstić information content (AvgIpc) is 2.69. The summed E-state index contributed by atoms with van der Waals surface area (Å²) >= 11 is 0. The minimum absolute atomic E-state index is 0.284. The van der Waals surface area contributed by atoms with E-state index in [2.05, 4.69) is 12.0 Å². The van der Waals surface area contributed by atoms with Crippen LogP contribution in [-0.2, 0) is 17.8 Å². The van der Waals surface area contributed by atoms with Gasteiger partial charge in [0.2, 0.25) is 0 Å². The second-order valence-corrected chi connectivity index (χ2v) is 3.78. The van der Waals surface area contributed by atoms with Gasteiger partial charge in [-0.3, -0.25) is 9.48 Å². The zero-order valence-corrected chi connectivity index (χ0v) is 10.3. The molecule has 0 spiro atoms. The lowest BCUT2D eigenvalue weighted by Crippen LogP contribution is -2.07. The summed E-state index contributed by atoms with van der Waals surface area (Å²) in [5, 5.41) is 4.26. The highest BCUT2D eigenvalue weighted by molar-refractivity contribution is 5.78. The van der Waals surface area contributed by atoms with Crippen LogP contribution < -0.4 is 4.74 Å². The van der Waals surface area contributed by atoms with Crippen LogP contribution >= 0.6 is 0 Å². The molecule has 0 atom stereocenters. The van der Waals surface area contributed by atoms with Crippen molar-refractivity contribution in [2.75, 3.05) is 7.11 Å². The van der Waals surface area contributed by atoms with Gasteiger partial charge >= 0.3 is 0 Å². The molecule has 0 saturated heterocycles. The monoisotopic (exact) mass is 224 g/mol. The van der Waals surface area contributed by atoms with E-state index in [-0.39, 0.29) is 5.78 Å². The molecule has 90 valence electrons. The lowest BCUT2D eigenvalue weighted by atomic mass is 10.1. The Hall–Kier alpha value is -1.32. The maximum atomic E-state index is 11.3. The minimum Gasteiger partial charge on any atom is -0.493 e. The highest BCUT2D eigenvalue weighted by atomic mass is 16.5. The normalized spacial score (nSPS) is 10.4. The number of hydrogen-bond donors (Lipinski definition) is 0. The van der Waals surface area contributed by atoms with E-state index >= 15 is 0 Å². The third-order valence-corrected chi connectivity index (χ3v) is 2.60. The number of aromatic nitrogens is 2. The fourth-order valence-electron chi connectivity index (χ4n) is 1.66. The molecule has 1 aromatic rings. The van der Waals surface area contributed by atoms with Gasteiger partial charge in [-0.15, -0.1) is 0 Å². The maximum absolute atomic E-state index is 11.3. The number of aryl methyl sites for hydroxylation is 1. The van der Waals surface area contributed by atoms with E-state index in [9.17, 15) is 4.79 Å². The van der Waals surface area contributed by atoms with Crippen LogP contribution in [0.15, 0.2) is 6.20 Å². The van der Waals surface area contributed by atoms with Gasteiger partial charge in [0.25, 0.3) is 0 Å². The maximum Gasteiger partial charge on any atom is 0.159 e. The molecule has 0 saturated carbocycles. The summed E-state index contributed by atoms with van der Waals surface area (Å²) in [5.74, 6) is 1.07. The van der Waals surface area contributed by atoms with Crippen molar-refractivity contribution in [2.45, 2.75) is 46.1 Å². The lowest BCUT2D eigenvalue weighted by Gasteiger charge is -2.07. The Bertz CT molecular complexity index is 345. The van der Waals surface area contributed by atoms with Gasteiger partial charge in [-0.05, 0) is 12.8 Å². The number of hydrogen-bond acceptors (Lipinski definition) is 3. The molecule has 1 heterocycles. The zero-order chi connectivity index (χ0) is 12.0. The summed E-state index contributed by atoms with van der Waals surface area (Å²) in [6, 6.07) is 0. The summed E-state index contributed by atoms with van der Waals surface area (Å²) in [5.41, 5.74) is 1.03. The summed E-state index contributed by atoms with van der Waals surface area (Å²) in [6.07, 6.45) is 4.64. The van der Waals surface area contributed by atoms with E-state index in [1.165, 1.54) is 0 Å². The van der Waals surface area contributed by atoms with Gasteiger partial charge in [-0.25, -0.2) is 0 Å². The number of Topliss-reactive ketones (excluding diaryl/α,β-unsaturated/α-hetero) is 1. The first-order chi connectivity index (χ1) is 7.72. The summed E-state index contributed by atoms with van der Waals surface area (Å²) in [6.45, 7) is 4.87. The van der Waals surface area contributed by atoms with Crippen molar-refractivity contribution < 1.29 is 9.53 Å². The van der Waals surface area contributed by atoms with Gasteiger partial charge in [0, 0.05) is 19.4 Å². The van der Waals surface area contributed by atoms with Crippen LogP contribution in [0.25, 0.3) is 0 Å². The molecular formula is C12H20N2O2. The second-order valence-electron chi connectivity index (χ2n) is 3.78. The first-order valence-electron chi connectivity index (χ1n) is 5.83. The van der Waals surface area contributed by atoms with E-state index in [4.69, 9.17) is 4.74 Å². The molecule has 4 nitrogen and oxygen atoms in total. The van der Waals surface area contributed by atoms with Gasteiger partial charge in [0.15, 0.2) is 5.75 Å². The molecule has 0 aliphatic heterocycles. The van der Waals surface area contributed by atoms with Crippen molar-refractivity contribution in [3.05, 3.63) is 11.9 Å². The van der Waals surface area contributed by atoms with Gasteiger partial charge in [-0.1, -0.05) is 13.8 Å². The minimum atomic E-state index is 0.284. The topological polar surface area (TPSA) is 44.1 Å². The van der Waals surface area contributed by atoms with Gasteiger partial charge in [0.05, 0.1) is 19.0 Å². The van der Waals surface area contributed by atoms with E-state index in [0.717, 1.165) is 30.8 Å². The number of rotatable bonds is 7. The molecule has 16 heavy (non-hydrogen) atoms. The largest absolute Gasteiger partial charge is 0.493 e. The van der Waals surface area contributed by atoms with Crippen molar-refractivity contribution >= 4 is 5.78 Å². The Kier molecular flexibility index (Phi) is 5.02. The molecule has 0 bridgehead atoms. The molecule has 0 amide bonds. The van der Waals surface area contributed by atoms with Crippen molar-refractivity contribution in [3.8, 4) is 5.75 Å². The zero-order valence-electron chi connectivity index (χ0n) is 10.3. The number of ketones is 1. The molecule has 0 aliphatic carbocycles. The number of carbonyl (C=O) groups excluding carboxylic acids is 1. The highest BCUT2D eigenvalue weighted by Gasteiger charge is 2.11. The first kappa shape index (κ1) is 12.7. The van der Waals surface area contributed by atoms with Gasteiger partial charge in [0.1, 0.15) is 5.78 Å². The van der Waals surface area contributed by atoms with Crippen LogP contribution in [0.4, 0.5) is 0 Å². The van der Waals surface area contributed by atoms with Crippen LogP contribution in [0.3, 0.4) is 0 Å². The molecule has 0 N–H and O–H groups in total. The Morgan fingerprint density at radius 3 is 2.81 bits per heavy atom. The van der Waals surface area contributed by atoms with Gasteiger partial charge in [-0.2, -0.15) is 5.10 Å². The molecule has 0 radical (unpaired) electrons. The second kappa shape index (κ2) is 6.30. The number of nitrogens with zero attached hydrogens (tertiary/aromatic N) is 2. The molecule has 0 aromatic carbocycles. The fraction of sp³-hybridized carbons (Fsp3) is 0.667. The average molecular weight is 224 g/mol. The molecule has 1 aromatic heterocycles. The Balaban J connectivity index is 2.73. The SMILES string of the molecule is CCCn1ncc(OC)c1CCC(=O)CC. The van der Waals surface area contributed by atoms with Crippen LogP contribution in [0.1, 0.15) is 38.8 Å². The van der Waals surface area contributed by atoms with Crippen LogP contribution in [0.5, 0.6) is 5.75 Å². The predicted octanol–water partition coefficient (Wildman–Crippen LogP) is 2.21. The Morgan fingerprint density at radius 2 is 2.25 bits per heavy atom. The third-order valence-electron chi connectivity index (χ3n) is 2.60. The van der Waals surface area contributed by atoms with Crippen molar-refractivity contribution in [1.82, 2.24) is 9.78 Å². The Morgan fingerprint density at radius 1 is 1.50 bits per heavy atom. The molecule has 4 heteroatoms. The standard InChI is InChI=1S/C12H20N2O2/c1-4-8-14-11(7-6-10(15)5-2)12(16-3)9-13-14/h9H,4-8H2,1-3H3. The number of ether oxygens (including phenoxy) is 1. The molecule has 1 rings (SSSR count). The highest BCUT2D eigenvalue weighted by Crippen LogP contribution is 2.19. The Labute approximate surface area is 96.6 Å². The van der Waals surface area contributed by atoms with Crippen molar-refractivity contribution in [3.63, 3.8) is 0 Å². The van der Waals surface area contributed by atoms with E-state index in [1.54, 1.807) is 13.3 Å². The first-order valence-corrected chi connectivity index (χ1v) is 5.83. The molecule has 0 unspecified atom stereocenters. The molecular weight excluding hydrogens is 204 g/mol. The quantitative estimate of drug-likeness (QED) is 0.713. The van der Waals surface area contributed by atoms with Gasteiger partial charge < -0.3 is 4.74 Å². The predicted molar refractivity (Wildman–Crippen MR) is 62.7 cm³/mol. The lowest BCUT2D eigenvalue weighted by molar-refractivity contribution is -0.118. The van der Waals surface area contributed by atoms with E-state index in [1.807, 2.05) is 11.6 Å².